The highest BCUT2D eigenvalue weighted by atomic mass is 32.2. The second-order valence-electron chi connectivity index (χ2n) is 3.73. The molecule has 1 atom stereocenters. The normalized spacial score (nSPS) is 12.3. The van der Waals surface area contributed by atoms with Gasteiger partial charge in [-0.05, 0) is 31.2 Å². The zero-order valence-electron chi connectivity index (χ0n) is 9.63. The van der Waals surface area contributed by atoms with E-state index in [0.717, 1.165) is 9.79 Å². The average molecular weight is 262 g/mol. The van der Waals surface area contributed by atoms with Gasteiger partial charge in [0, 0.05) is 9.79 Å². The van der Waals surface area contributed by atoms with Crippen molar-refractivity contribution in [1.29, 1.82) is 0 Å². The molecule has 0 aliphatic rings. The molecule has 0 saturated heterocycles. The highest BCUT2D eigenvalue weighted by Crippen LogP contribution is 2.20. The van der Waals surface area contributed by atoms with Crippen LogP contribution in [0.15, 0.2) is 64.4 Å². The van der Waals surface area contributed by atoms with Crippen molar-refractivity contribution in [3.8, 4) is 0 Å². The van der Waals surface area contributed by atoms with Gasteiger partial charge in [-0.15, -0.1) is 11.8 Å². The molecule has 0 spiro atoms. The summed E-state index contributed by atoms with van der Waals surface area (Å²) in [6.45, 7) is 2.03. The first-order valence-corrected chi connectivity index (χ1v) is 7.69. The van der Waals surface area contributed by atoms with E-state index in [-0.39, 0.29) is 0 Å². The second-order valence-corrected chi connectivity index (χ2v) is 6.60. The monoisotopic (exact) mass is 262 g/mol. The highest BCUT2D eigenvalue weighted by Gasteiger charge is 2.04. The van der Waals surface area contributed by atoms with E-state index in [1.54, 1.807) is 11.8 Å². The first-order valence-electron chi connectivity index (χ1n) is 5.38. The molecule has 0 heterocycles. The summed E-state index contributed by atoms with van der Waals surface area (Å²) < 4.78 is 12.0. The Morgan fingerprint density at radius 2 is 1.65 bits per heavy atom. The smallest absolute Gasteiger partial charge is 0.0786 e. The fourth-order valence-electron chi connectivity index (χ4n) is 1.40. The Morgan fingerprint density at radius 3 is 2.29 bits per heavy atom. The zero-order chi connectivity index (χ0) is 12.1. The molecule has 0 aromatic heterocycles. The van der Waals surface area contributed by atoms with Gasteiger partial charge in [-0.3, -0.25) is 4.21 Å². The zero-order valence-corrected chi connectivity index (χ0v) is 11.3. The van der Waals surface area contributed by atoms with E-state index in [0.29, 0.717) is 5.08 Å². The van der Waals surface area contributed by atoms with Gasteiger partial charge in [-0.25, -0.2) is 0 Å². The van der Waals surface area contributed by atoms with Crippen LogP contribution in [0, 0.1) is 6.92 Å². The van der Waals surface area contributed by atoms with Crippen LogP contribution in [0.3, 0.4) is 0 Å². The van der Waals surface area contributed by atoms with Crippen molar-refractivity contribution in [1.82, 2.24) is 0 Å². The first kappa shape index (κ1) is 12.4. The van der Waals surface area contributed by atoms with Crippen LogP contribution < -0.4 is 0 Å². The van der Waals surface area contributed by atoms with Gasteiger partial charge in [0.2, 0.25) is 0 Å². The van der Waals surface area contributed by atoms with Gasteiger partial charge in [0.15, 0.2) is 0 Å². The Labute approximate surface area is 109 Å². The van der Waals surface area contributed by atoms with E-state index in [1.807, 2.05) is 61.5 Å². The van der Waals surface area contributed by atoms with Crippen molar-refractivity contribution >= 4 is 22.6 Å². The largest absolute Gasteiger partial charge is 0.253 e. The lowest BCUT2D eigenvalue weighted by Gasteiger charge is -2.03. The van der Waals surface area contributed by atoms with Gasteiger partial charge in [0.1, 0.15) is 0 Å². The topological polar surface area (TPSA) is 17.1 Å². The molecule has 0 fully saturated rings. The lowest BCUT2D eigenvalue weighted by molar-refractivity contribution is 0.686. The molecule has 1 nitrogen and oxygen atoms in total. The molecule has 2 aromatic carbocycles. The van der Waals surface area contributed by atoms with Crippen LogP contribution in [0.2, 0.25) is 0 Å². The summed E-state index contributed by atoms with van der Waals surface area (Å²) >= 11 is 1.63. The van der Waals surface area contributed by atoms with Crippen LogP contribution in [-0.2, 0) is 10.8 Å². The predicted octanol–water partition coefficient (Wildman–Crippen LogP) is 3.85. The van der Waals surface area contributed by atoms with Gasteiger partial charge in [-0.2, -0.15) is 0 Å². The number of hydrogen-bond acceptors (Lipinski definition) is 2. The standard InChI is InChI=1S/C14H14OS2/c1-12-7-9-14(10-8-12)17(15)11-16-13-5-3-2-4-6-13/h2-10H,11H2,1H3/t17-/m0/s1. The number of hydrogen-bond donors (Lipinski definition) is 0. The Hall–Kier alpha value is -1.06. The van der Waals surface area contributed by atoms with Crippen LogP contribution in [0.4, 0.5) is 0 Å². The molecule has 0 amide bonds. The Balaban J connectivity index is 1.96. The number of aryl methyl sites for hydroxylation is 1. The lowest BCUT2D eigenvalue weighted by Crippen LogP contribution is -1.94. The highest BCUT2D eigenvalue weighted by molar-refractivity contribution is 8.10. The van der Waals surface area contributed by atoms with Crippen LogP contribution in [-0.4, -0.2) is 9.29 Å². The van der Waals surface area contributed by atoms with E-state index >= 15 is 0 Å². The molecule has 3 heteroatoms. The maximum absolute atomic E-state index is 12.0. The maximum Gasteiger partial charge on any atom is 0.0786 e. The molecule has 0 aliphatic heterocycles. The minimum atomic E-state index is -0.929. The Bertz CT molecular complexity index is 491. The molecule has 0 radical (unpaired) electrons. The fourth-order valence-corrected chi connectivity index (χ4v) is 3.70. The third kappa shape index (κ3) is 3.72. The molecule has 0 saturated carbocycles. The van der Waals surface area contributed by atoms with Crippen molar-refractivity contribution in [2.45, 2.75) is 16.7 Å². The molecule has 17 heavy (non-hydrogen) atoms. The van der Waals surface area contributed by atoms with E-state index in [1.165, 1.54) is 5.56 Å². The first-order chi connectivity index (χ1) is 8.25. The van der Waals surface area contributed by atoms with Crippen LogP contribution in [0.25, 0.3) is 0 Å². The lowest BCUT2D eigenvalue weighted by atomic mass is 10.2. The predicted molar refractivity (Wildman–Crippen MR) is 74.8 cm³/mol. The van der Waals surface area contributed by atoms with Gasteiger partial charge in [-0.1, -0.05) is 35.9 Å². The van der Waals surface area contributed by atoms with Crippen LogP contribution in [0.1, 0.15) is 5.56 Å². The van der Waals surface area contributed by atoms with E-state index < -0.39 is 10.8 Å². The quantitative estimate of drug-likeness (QED) is 0.778. The van der Waals surface area contributed by atoms with E-state index in [9.17, 15) is 4.21 Å². The summed E-state index contributed by atoms with van der Waals surface area (Å²) in [4.78, 5) is 2.06. The van der Waals surface area contributed by atoms with Crippen LogP contribution >= 0.6 is 11.8 Å². The minimum absolute atomic E-state index is 0.604. The van der Waals surface area contributed by atoms with Gasteiger partial charge in [0.05, 0.1) is 15.9 Å². The fraction of sp³-hybridized carbons (Fsp3) is 0.143. The Kier molecular flexibility index (Phi) is 4.40. The third-order valence-corrected chi connectivity index (χ3v) is 5.09. The van der Waals surface area contributed by atoms with E-state index in [4.69, 9.17) is 0 Å². The van der Waals surface area contributed by atoms with Crippen molar-refractivity contribution < 1.29 is 4.21 Å². The van der Waals surface area contributed by atoms with Crippen molar-refractivity contribution in [2.24, 2.45) is 0 Å². The second kappa shape index (κ2) is 6.03. The molecular formula is C14H14OS2. The number of benzene rings is 2. The molecule has 0 aliphatic carbocycles. The molecule has 2 aromatic rings. The molecule has 0 N–H and O–H groups in total. The van der Waals surface area contributed by atoms with Crippen molar-refractivity contribution in [3.05, 3.63) is 60.2 Å². The van der Waals surface area contributed by atoms with Gasteiger partial charge < -0.3 is 0 Å². The molecule has 0 bridgehead atoms. The minimum Gasteiger partial charge on any atom is -0.253 e. The van der Waals surface area contributed by atoms with Gasteiger partial charge in [0.25, 0.3) is 0 Å². The summed E-state index contributed by atoms with van der Waals surface area (Å²) in [5.74, 6) is 0. The Morgan fingerprint density at radius 1 is 1.00 bits per heavy atom. The molecular weight excluding hydrogens is 248 g/mol. The SMILES string of the molecule is Cc1ccc([S@@](=O)CSc2ccccc2)cc1. The van der Waals surface area contributed by atoms with E-state index in [2.05, 4.69) is 0 Å². The summed E-state index contributed by atoms with van der Waals surface area (Å²) in [6, 6.07) is 17.9. The van der Waals surface area contributed by atoms with Crippen molar-refractivity contribution in [2.75, 3.05) is 5.08 Å². The third-order valence-electron chi connectivity index (χ3n) is 2.36. The summed E-state index contributed by atoms with van der Waals surface area (Å²) in [5, 5.41) is 0.604. The number of rotatable bonds is 4. The van der Waals surface area contributed by atoms with Gasteiger partial charge >= 0.3 is 0 Å². The number of thioether (sulfide) groups is 1. The average Bonchev–Trinajstić information content (AvgIpc) is 2.38. The summed E-state index contributed by atoms with van der Waals surface area (Å²) in [7, 11) is -0.929. The molecule has 88 valence electrons. The maximum atomic E-state index is 12.0. The van der Waals surface area contributed by atoms with Crippen LogP contribution in [0.5, 0.6) is 0 Å². The summed E-state index contributed by atoms with van der Waals surface area (Å²) in [5.41, 5.74) is 1.20. The van der Waals surface area contributed by atoms with Crippen molar-refractivity contribution in [3.63, 3.8) is 0 Å². The molecule has 0 unspecified atom stereocenters. The summed E-state index contributed by atoms with van der Waals surface area (Å²) in [6.07, 6.45) is 0. The molecule has 2 rings (SSSR count).